The molecule has 0 aliphatic rings. The van der Waals surface area contributed by atoms with Crippen LogP contribution in [0.1, 0.15) is 46.2 Å². The molecule has 0 bridgehead atoms. The number of hydrogen-bond acceptors (Lipinski definition) is 4. The van der Waals surface area contributed by atoms with Gasteiger partial charge in [-0.25, -0.2) is 0 Å². The van der Waals surface area contributed by atoms with Crippen molar-refractivity contribution in [3.63, 3.8) is 0 Å². The molecule has 4 rings (SSSR count). The molecule has 0 atom stereocenters. The van der Waals surface area contributed by atoms with Crippen molar-refractivity contribution < 1.29 is 29.3 Å². The largest absolute Gasteiger partial charge is 0.490 e. The maximum absolute atomic E-state index is 11.5. The van der Waals surface area contributed by atoms with Crippen LogP contribution in [0.3, 0.4) is 0 Å². The molecule has 42 heavy (non-hydrogen) atoms. The molecule has 0 spiro atoms. The average molecular weight is 568 g/mol. The first-order valence-electron chi connectivity index (χ1n) is 14.0. The Labute approximate surface area is 246 Å². The standard InChI is InChI=1S/C35H37NO6/c1-24-20-25(2)35(26(3)21-24)42-19-5-4-18-41-30-16-13-27(14-17-30)12-15-28-8-6-10-31-29(9-7-11-32(37)38)22-36(34(28)31)23-33(39)40/h4-6,8,10,12-17,20-22H,7,9,11,18-19,23H2,1-3H3,(H,37,38)(H,39,40)/b5-4+,15-12+. The molecule has 218 valence electrons. The highest BCUT2D eigenvalue weighted by Crippen LogP contribution is 2.28. The number of carbonyl (C=O) groups is 2. The zero-order chi connectivity index (χ0) is 30.1. The number of hydrogen-bond donors (Lipinski definition) is 2. The van der Waals surface area contributed by atoms with Crippen molar-refractivity contribution in [1.29, 1.82) is 0 Å². The number of benzene rings is 3. The monoisotopic (exact) mass is 567 g/mol. The average Bonchev–Trinajstić information content (AvgIpc) is 3.28. The molecule has 0 unspecified atom stereocenters. The van der Waals surface area contributed by atoms with Gasteiger partial charge in [-0.2, -0.15) is 0 Å². The summed E-state index contributed by atoms with van der Waals surface area (Å²) in [6.45, 7) is 6.94. The number of fused-ring (bicyclic) bond motifs is 1. The number of carboxylic acid groups (broad SMARTS) is 2. The van der Waals surface area contributed by atoms with E-state index in [9.17, 15) is 14.7 Å². The fourth-order valence-corrected chi connectivity index (χ4v) is 5.16. The maximum Gasteiger partial charge on any atom is 0.323 e. The van der Waals surface area contributed by atoms with E-state index in [2.05, 4.69) is 32.9 Å². The number of carboxylic acids is 2. The molecule has 0 aliphatic heterocycles. The van der Waals surface area contributed by atoms with Crippen molar-refractivity contribution in [3.8, 4) is 11.5 Å². The Morgan fingerprint density at radius 1 is 0.857 bits per heavy atom. The van der Waals surface area contributed by atoms with Gasteiger partial charge >= 0.3 is 11.9 Å². The lowest BCUT2D eigenvalue weighted by atomic mass is 10.0. The molecule has 0 amide bonds. The van der Waals surface area contributed by atoms with Crippen LogP contribution in [0.25, 0.3) is 23.1 Å². The third-order valence-corrected chi connectivity index (χ3v) is 6.93. The summed E-state index contributed by atoms with van der Waals surface area (Å²) in [5, 5.41) is 19.4. The van der Waals surface area contributed by atoms with E-state index < -0.39 is 11.9 Å². The van der Waals surface area contributed by atoms with Gasteiger partial charge in [0.2, 0.25) is 0 Å². The molecule has 0 saturated heterocycles. The Bertz CT molecular complexity index is 1590. The second-order valence-electron chi connectivity index (χ2n) is 10.4. The molecule has 3 aromatic carbocycles. The number of para-hydroxylation sites is 1. The van der Waals surface area contributed by atoms with E-state index in [0.29, 0.717) is 26.1 Å². The fourth-order valence-electron chi connectivity index (χ4n) is 5.16. The summed E-state index contributed by atoms with van der Waals surface area (Å²) in [5.74, 6) is -0.0877. The minimum Gasteiger partial charge on any atom is -0.490 e. The van der Waals surface area contributed by atoms with Crippen LogP contribution < -0.4 is 9.47 Å². The molecule has 0 aliphatic carbocycles. The highest BCUT2D eigenvalue weighted by molar-refractivity contribution is 5.94. The molecule has 1 aromatic heterocycles. The van der Waals surface area contributed by atoms with Gasteiger partial charge in [0.05, 0.1) is 5.52 Å². The molecule has 0 radical (unpaired) electrons. The lowest BCUT2D eigenvalue weighted by molar-refractivity contribution is -0.138. The highest BCUT2D eigenvalue weighted by Gasteiger charge is 2.13. The van der Waals surface area contributed by atoms with Crippen LogP contribution in [-0.2, 0) is 22.6 Å². The van der Waals surface area contributed by atoms with E-state index in [4.69, 9.17) is 14.6 Å². The molecular weight excluding hydrogens is 530 g/mol. The first-order chi connectivity index (χ1) is 20.2. The SMILES string of the molecule is Cc1cc(C)c(OC/C=C/COc2ccc(/C=C/c3cccc4c(CCCC(=O)O)cn(CC(=O)O)c34)cc2)c(C)c1. The summed E-state index contributed by atoms with van der Waals surface area (Å²) in [6, 6.07) is 17.8. The quantitative estimate of drug-likeness (QED) is 0.123. The Kier molecular flexibility index (Phi) is 10.2. The smallest absolute Gasteiger partial charge is 0.323 e. The Morgan fingerprint density at radius 2 is 1.55 bits per heavy atom. The highest BCUT2D eigenvalue weighted by atomic mass is 16.5. The van der Waals surface area contributed by atoms with E-state index in [0.717, 1.165) is 50.2 Å². The number of aryl methyl sites for hydroxylation is 4. The van der Waals surface area contributed by atoms with Crippen molar-refractivity contribution >= 4 is 35.0 Å². The Balaban J connectivity index is 1.37. The van der Waals surface area contributed by atoms with Gasteiger partial charge in [0, 0.05) is 18.0 Å². The fraction of sp³-hybridized carbons (Fsp3) is 0.257. The van der Waals surface area contributed by atoms with Crippen molar-refractivity contribution in [3.05, 3.63) is 106 Å². The van der Waals surface area contributed by atoms with Crippen LogP contribution in [-0.4, -0.2) is 39.9 Å². The van der Waals surface area contributed by atoms with Gasteiger partial charge in [0.15, 0.2) is 0 Å². The van der Waals surface area contributed by atoms with E-state index in [1.807, 2.05) is 73.0 Å². The van der Waals surface area contributed by atoms with Crippen LogP contribution in [0.2, 0.25) is 0 Å². The van der Waals surface area contributed by atoms with Crippen LogP contribution in [0.5, 0.6) is 11.5 Å². The van der Waals surface area contributed by atoms with E-state index in [1.165, 1.54) is 5.56 Å². The van der Waals surface area contributed by atoms with Gasteiger partial charge in [0.1, 0.15) is 31.3 Å². The number of ether oxygens (including phenoxy) is 2. The van der Waals surface area contributed by atoms with Crippen molar-refractivity contribution in [2.45, 2.75) is 46.6 Å². The first-order valence-corrected chi connectivity index (χ1v) is 14.0. The molecule has 0 saturated carbocycles. The van der Waals surface area contributed by atoms with Crippen molar-refractivity contribution in [2.75, 3.05) is 13.2 Å². The van der Waals surface area contributed by atoms with Crippen molar-refractivity contribution in [1.82, 2.24) is 4.57 Å². The van der Waals surface area contributed by atoms with Gasteiger partial charge in [-0.1, -0.05) is 60.2 Å². The number of rotatable bonds is 14. The van der Waals surface area contributed by atoms with Crippen LogP contribution in [0.15, 0.2) is 72.9 Å². The summed E-state index contributed by atoms with van der Waals surface area (Å²) >= 11 is 0. The van der Waals surface area contributed by atoms with Gasteiger partial charge in [-0.15, -0.1) is 0 Å². The third-order valence-electron chi connectivity index (χ3n) is 6.93. The molecular formula is C35H37NO6. The topological polar surface area (TPSA) is 98.0 Å². The van der Waals surface area contributed by atoms with E-state index >= 15 is 0 Å². The second kappa shape index (κ2) is 14.2. The predicted octanol–water partition coefficient (Wildman–Crippen LogP) is 7.24. The summed E-state index contributed by atoms with van der Waals surface area (Å²) in [7, 11) is 0. The van der Waals surface area contributed by atoms with Gasteiger partial charge < -0.3 is 24.3 Å². The maximum atomic E-state index is 11.5. The summed E-state index contributed by atoms with van der Waals surface area (Å²) < 4.78 is 13.5. The number of nitrogens with zero attached hydrogens (tertiary/aromatic N) is 1. The lowest BCUT2D eigenvalue weighted by Gasteiger charge is -2.11. The van der Waals surface area contributed by atoms with E-state index in [-0.39, 0.29) is 13.0 Å². The zero-order valence-corrected chi connectivity index (χ0v) is 24.3. The van der Waals surface area contributed by atoms with E-state index in [1.54, 1.807) is 4.57 Å². The minimum atomic E-state index is -0.933. The summed E-state index contributed by atoms with van der Waals surface area (Å²) in [5.41, 5.74) is 7.14. The van der Waals surface area contributed by atoms with Gasteiger partial charge in [-0.05, 0) is 85.7 Å². The summed E-state index contributed by atoms with van der Waals surface area (Å²) in [4.78, 5) is 22.5. The minimum absolute atomic E-state index is 0.0725. The molecule has 7 nitrogen and oxygen atoms in total. The van der Waals surface area contributed by atoms with Gasteiger partial charge in [0.25, 0.3) is 0 Å². The molecule has 2 N–H and O–H groups in total. The molecule has 7 heteroatoms. The molecule has 1 heterocycles. The normalized spacial score (nSPS) is 11.5. The molecule has 0 fully saturated rings. The third kappa shape index (κ3) is 8.13. The first kappa shape index (κ1) is 30.2. The zero-order valence-electron chi connectivity index (χ0n) is 24.3. The Hall–Kier alpha value is -4.78. The van der Waals surface area contributed by atoms with Crippen LogP contribution >= 0.6 is 0 Å². The van der Waals surface area contributed by atoms with Gasteiger partial charge in [-0.3, -0.25) is 9.59 Å². The number of aromatic nitrogens is 1. The van der Waals surface area contributed by atoms with Crippen molar-refractivity contribution in [2.24, 2.45) is 0 Å². The second-order valence-corrected chi connectivity index (χ2v) is 10.4. The van der Waals surface area contributed by atoms with Crippen LogP contribution in [0, 0.1) is 20.8 Å². The molecule has 4 aromatic rings. The number of aliphatic carboxylic acids is 2. The predicted molar refractivity (Wildman–Crippen MR) is 166 cm³/mol. The summed E-state index contributed by atoms with van der Waals surface area (Å²) in [6.07, 6.45) is 10.8. The van der Waals surface area contributed by atoms with Crippen LogP contribution in [0.4, 0.5) is 0 Å². The Morgan fingerprint density at radius 3 is 2.21 bits per heavy atom. The lowest BCUT2D eigenvalue weighted by Crippen LogP contribution is -2.07.